The molecule has 4 fully saturated rings. The van der Waals surface area contributed by atoms with Crippen LogP contribution in [0.25, 0.3) is 0 Å². The van der Waals surface area contributed by atoms with E-state index in [4.69, 9.17) is 10.7 Å². The summed E-state index contributed by atoms with van der Waals surface area (Å²) in [4.78, 5) is 0. The zero-order chi connectivity index (χ0) is 21.7. The van der Waals surface area contributed by atoms with Crippen molar-refractivity contribution in [2.45, 2.75) is 91.1 Å². The first-order valence-corrected chi connectivity index (χ1v) is 12.2. The molecule has 4 nitrogen and oxygen atoms in total. The molecule has 0 bridgehead atoms. The maximum Gasteiger partial charge on any atom is 0.0959 e. The van der Waals surface area contributed by atoms with Gasteiger partial charge in [-0.3, -0.25) is 0 Å². The topological polar surface area (TPSA) is 79.9 Å². The van der Waals surface area contributed by atoms with Crippen LogP contribution in [-0.2, 0) is 0 Å². The average Bonchev–Trinajstić information content (AvgIpc) is 3.03. The van der Waals surface area contributed by atoms with Gasteiger partial charge in [0.1, 0.15) is 0 Å². The van der Waals surface area contributed by atoms with Gasteiger partial charge in [-0.25, -0.2) is 0 Å². The molecule has 4 aliphatic rings. The number of nitrogens with zero attached hydrogens (tertiary/aromatic N) is 1. The van der Waals surface area contributed by atoms with E-state index in [9.17, 15) is 5.11 Å². The number of aliphatic hydroxyl groups is 1. The lowest BCUT2D eigenvalue weighted by Crippen LogP contribution is -2.54. The van der Waals surface area contributed by atoms with Crippen molar-refractivity contribution in [1.29, 1.82) is 10.7 Å². The molecule has 0 aromatic rings. The number of hydrogen-bond acceptors (Lipinski definition) is 4. The van der Waals surface area contributed by atoms with Gasteiger partial charge in [-0.05, 0) is 106 Å². The van der Waals surface area contributed by atoms with Crippen LogP contribution >= 0.6 is 0 Å². The van der Waals surface area contributed by atoms with E-state index >= 15 is 0 Å². The molecule has 0 amide bonds. The third kappa shape index (κ3) is 3.62. The van der Waals surface area contributed by atoms with Gasteiger partial charge in [0.2, 0.25) is 0 Å². The van der Waals surface area contributed by atoms with E-state index in [-0.39, 0.29) is 5.41 Å². The second kappa shape index (κ2) is 7.66. The molecule has 0 spiro atoms. The first kappa shape index (κ1) is 21.9. The lowest BCUT2D eigenvalue weighted by Gasteiger charge is -2.60. The Bertz CT molecular complexity index is 765. The molecule has 4 rings (SSSR count). The van der Waals surface area contributed by atoms with Crippen LogP contribution in [0.4, 0.5) is 0 Å². The fourth-order valence-corrected chi connectivity index (χ4v) is 8.68. The Morgan fingerprint density at radius 3 is 2.50 bits per heavy atom. The predicted octanol–water partition coefficient (Wildman–Crippen LogP) is 5.43. The van der Waals surface area contributed by atoms with E-state index in [0.717, 1.165) is 48.6 Å². The molecular formula is C26H41N3O. The van der Waals surface area contributed by atoms with Crippen LogP contribution in [0.5, 0.6) is 0 Å². The van der Waals surface area contributed by atoms with Crippen LogP contribution in [0.1, 0.15) is 85.5 Å². The Morgan fingerprint density at radius 2 is 1.77 bits per heavy atom. The standard InChI is InChI=1S/C26H41N3O/c1-17(13-27)14-29-15-23(28)22-6-5-21-19-7-10-24(2)16-25(3,30)11-9-20(24)18(19)8-12-26(21,22)4/h14,18-22,28-30H,5-12,15-16H2,1-4H3/b17-14+,28-23?/t18?,19?,20?,21?,22?,24?,25-,26?/m1/s1. The monoisotopic (exact) mass is 411 g/mol. The molecule has 4 aliphatic carbocycles. The lowest BCUT2D eigenvalue weighted by molar-refractivity contribution is -0.136. The summed E-state index contributed by atoms with van der Waals surface area (Å²) in [6, 6.07) is 2.14. The van der Waals surface area contributed by atoms with Crippen LogP contribution in [0.2, 0.25) is 0 Å². The minimum Gasteiger partial charge on any atom is -0.390 e. The quantitative estimate of drug-likeness (QED) is 0.426. The van der Waals surface area contributed by atoms with E-state index in [2.05, 4.69) is 25.2 Å². The SMILES string of the molecule is C/C(C#N)=C\NCC(=N)C1CCC2C3CCC4(C)C[C@](C)(O)CCC4C3CCC12C. The largest absolute Gasteiger partial charge is 0.390 e. The fourth-order valence-electron chi connectivity index (χ4n) is 8.68. The van der Waals surface area contributed by atoms with Crippen molar-refractivity contribution < 1.29 is 5.11 Å². The van der Waals surface area contributed by atoms with Crippen molar-refractivity contribution in [3.05, 3.63) is 11.8 Å². The van der Waals surface area contributed by atoms with E-state index < -0.39 is 5.60 Å². The first-order valence-electron chi connectivity index (χ1n) is 12.2. The van der Waals surface area contributed by atoms with Crippen molar-refractivity contribution >= 4 is 5.71 Å². The summed E-state index contributed by atoms with van der Waals surface area (Å²) in [6.45, 7) is 9.36. The summed E-state index contributed by atoms with van der Waals surface area (Å²) in [6.07, 6.45) is 12.5. The molecule has 0 aliphatic heterocycles. The summed E-state index contributed by atoms with van der Waals surface area (Å²) in [5, 5.41) is 31.6. The van der Waals surface area contributed by atoms with Crippen molar-refractivity contribution in [2.75, 3.05) is 6.54 Å². The summed E-state index contributed by atoms with van der Waals surface area (Å²) in [5.41, 5.74) is 1.60. The minimum atomic E-state index is -0.472. The maximum absolute atomic E-state index is 10.7. The molecule has 0 radical (unpaired) electrons. The highest BCUT2D eigenvalue weighted by atomic mass is 16.3. The summed E-state index contributed by atoms with van der Waals surface area (Å²) in [7, 11) is 0. The normalized spacial score (nSPS) is 48.1. The molecule has 0 aromatic heterocycles. The van der Waals surface area contributed by atoms with Gasteiger partial charge in [-0.1, -0.05) is 13.8 Å². The van der Waals surface area contributed by atoms with Crippen molar-refractivity contribution in [3.8, 4) is 6.07 Å². The van der Waals surface area contributed by atoms with Crippen LogP contribution in [0, 0.1) is 57.2 Å². The molecule has 4 heteroatoms. The Labute approximate surface area is 183 Å². The first-order chi connectivity index (χ1) is 14.1. The van der Waals surface area contributed by atoms with Crippen LogP contribution in [0.15, 0.2) is 11.8 Å². The summed E-state index contributed by atoms with van der Waals surface area (Å²) >= 11 is 0. The number of fused-ring (bicyclic) bond motifs is 5. The zero-order valence-corrected chi connectivity index (χ0v) is 19.4. The van der Waals surface area contributed by atoms with Gasteiger partial charge in [-0.15, -0.1) is 0 Å². The fraction of sp³-hybridized carbons (Fsp3) is 0.846. The Morgan fingerprint density at radius 1 is 1.07 bits per heavy atom. The third-order valence-corrected chi connectivity index (χ3v) is 9.94. The molecule has 4 saturated carbocycles. The van der Waals surface area contributed by atoms with Crippen LogP contribution < -0.4 is 5.32 Å². The van der Waals surface area contributed by atoms with Gasteiger partial charge in [0.25, 0.3) is 0 Å². The Balaban J connectivity index is 1.47. The van der Waals surface area contributed by atoms with E-state index in [1.54, 1.807) is 13.1 Å². The van der Waals surface area contributed by atoms with Crippen LogP contribution in [0.3, 0.4) is 0 Å². The number of allylic oxidation sites excluding steroid dienone is 1. The molecule has 166 valence electrons. The van der Waals surface area contributed by atoms with Crippen molar-refractivity contribution in [3.63, 3.8) is 0 Å². The van der Waals surface area contributed by atoms with E-state index in [1.807, 2.05) is 6.92 Å². The highest BCUT2D eigenvalue weighted by molar-refractivity contribution is 5.87. The molecule has 7 unspecified atom stereocenters. The van der Waals surface area contributed by atoms with E-state index in [1.165, 1.54) is 38.5 Å². The van der Waals surface area contributed by atoms with Crippen molar-refractivity contribution in [2.24, 2.45) is 40.4 Å². The lowest BCUT2D eigenvalue weighted by atomic mass is 9.45. The van der Waals surface area contributed by atoms with E-state index in [0.29, 0.717) is 23.5 Å². The molecule has 0 heterocycles. The molecule has 0 aromatic carbocycles. The molecular weight excluding hydrogens is 370 g/mol. The third-order valence-electron chi connectivity index (χ3n) is 9.94. The van der Waals surface area contributed by atoms with Gasteiger partial charge >= 0.3 is 0 Å². The van der Waals surface area contributed by atoms with Gasteiger partial charge in [0, 0.05) is 23.4 Å². The number of hydrogen-bond donors (Lipinski definition) is 3. The Kier molecular flexibility index (Phi) is 5.59. The number of nitrogens with one attached hydrogen (secondary N) is 2. The number of nitriles is 1. The van der Waals surface area contributed by atoms with Gasteiger partial charge in [-0.2, -0.15) is 5.26 Å². The molecule has 0 saturated heterocycles. The zero-order valence-electron chi connectivity index (χ0n) is 19.4. The second-order valence-electron chi connectivity index (χ2n) is 12.0. The summed E-state index contributed by atoms with van der Waals surface area (Å²) in [5.74, 6) is 3.55. The average molecular weight is 412 g/mol. The highest BCUT2D eigenvalue weighted by Gasteiger charge is 2.60. The molecule has 8 atom stereocenters. The Hall–Kier alpha value is -1.34. The molecule has 3 N–H and O–H groups in total. The van der Waals surface area contributed by atoms with Gasteiger partial charge < -0.3 is 15.8 Å². The second-order valence-corrected chi connectivity index (χ2v) is 12.0. The van der Waals surface area contributed by atoms with Gasteiger partial charge in [0.05, 0.1) is 18.2 Å². The summed E-state index contributed by atoms with van der Waals surface area (Å²) < 4.78 is 0. The smallest absolute Gasteiger partial charge is 0.0959 e. The number of rotatable bonds is 4. The highest BCUT2D eigenvalue weighted by Crippen LogP contribution is 2.67. The predicted molar refractivity (Wildman–Crippen MR) is 121 cm³/mol. The minimum absolute atomic E-state index is 0.266. The van der Waals surface area contributed by atoms with Crippen molar-refractivity contribution in [1.82, 2.24) is 5.32 Å². The molecule has 30 heavy (non-hydrogen) atoms. The van der Waals surface area contributed by atoms with Crippen LogP contribution in [-0.4, -0.2) is 23.0 Å². The van der Waals surface area contributed by atoms with Gasteiger partial charge in [0.15, 0.2) is 0 Å². The maximum atomic E-state index is 10.7.